The number of anilines is 4. The summed E-state index contributed by atoms with van der Waals surface area (Å²) in [7, 11) is -12.6. The normalized spacial score (nSPS) is 13.8. The lowest BCUT2D eigenvalue weighted by Gasteiger charge is -2.20. The Kier molecular flexibility index (Phi) is 33.4. The van der Waals surface area contributed by atoms with Crippen molar-refractivity contribution in [1.29, 1.82) is 5.26 Å². The summed E-state index contributed by atoms with van der Waals surface area (Å²) in [5, 5.41) is 31.2. The molecule has 1 fully saturated rings. The molecule has 1 unspecified atom stereocenters. The molecule has 564 valence electrons. The number of morpholine rings is 1. The number of thioether (sulfide) groups is 1. The van der Waals surface area contributed by atoms with Crippen LogP contribution >= 0.6 is 57.9 Å². The highest BCUT2D eigenvalue weighted by Crippen LogP contribution is 2.48. The molecule has 0 saturated carbocycles. The summed E-state index contributed by atoms with van der Waals surface area (Å²) in [6.45, 7) is 12.5. The number of benzene rings is 5. The summed E-state index contributed by atoms with van der Waals surface area (Å²) < 4.78 is 113. The highest BCUT2D eigenvalue weighted by Gasteiger charge is 2.29. The molecule has 2 aliphatic rings. The van der Waals surface area contributed by atoms with E-state index in [1.165, 1.54) is 79.0 Å². The number of urea groups is 1. The molecule has 0 bridgehead atoms. The van der Waals surface area contributed by atoms with Crippen LogP contribution in [0.4, 0.5) is 38.0 Å². The van der Waals surface area contributed by atoms with E-state index >= 15 is 0 Å². The fraction of sp³-hybridized carbons (Fsp3) is 0.384. The number of pyridine rings is 1. The van der Waals surface area contributed by atoms with Crippen molar-refractivity contribution >= 4 is 158 Å². The maximum Gasteiger partial charge on any atom is 0.498 e. The summed E-state index contributed by atoms with van der Waals surface area (Å²) in [5.41, 5.74) is 5.88. The molecule has 9 rings (SSSR count). The number of aromatic nitrogens is 2. The van der Waals surface area contributed by atoms with Gasteiger partial charge in [-0.15, -0.1) is 0 Å². The first kappa shape index (κ1) is 84.6. The van der Waals surface area contributed by atoms with Gasteiger partial charge in [0.15, 0.2) is 12.6 Å². The van der Waals surface area contributed by atoms with E-state index in [1.807, 2.05) is 77.9 Å². The number of unbranched alkanes of at least 4 members (excludes halogenated alkanes) is 9. The van der Waals surface area contributed by atoms with Gasteiger partial charge in [0.2, 0.25) is 5.52 Å². The molecule has 5 aromatic carbocycles. The molecule has 105 heavy (non-hydrogen) atoms. The van der Waals surface area contributed by atoms with Crippen LogP contribution in [0.5, 0.6) is 11.5 Å². The lowest BCUT2D eigenvalue weighted by molar-refractivity contribution is -0.668. The first-order valence-electron chi connectivity index (χ1n) is 34.2. The number of carbonyl (C=O) groups is 3. The van der Waals surface area contributed by atoms with Gasteiger partial charge in [0, 0.05) is 69.0 Å². The number of allylic oxidation sites excluding steroid dienone is 2. The monoisotopic (exact) mass is 1590 g/mol. The number of nitriles is 1. The van der Waals surface area contributed by atoms with E-state index in [9.17, 15) is 63.7 Å². The highest BCUT2D eigenvalue weighted by atomic mass is 35.5. The van der Waals surface area contributed by atoms with Gasteiger partial charge in [-0.25, -0.2) is 26.5 Å². The molecule has 0 spiro atoms. The van der Waals surface area contributed by atoms with Crippen LogP contribution in [0, 0.1) is 18.3 Å². The van der Waals surface area contributed by atoms with Crippen molar-refractivity contribution in [3.8, 4) is 17.6 Å². The third-order valence-corrected chi connectivity index (χ3v) is 21.8. The number of halogens is 3. The topological polar surface area (TPSA) is 345 Å². The summed E-state index contributed by atoms with van der Waals surface area (Å²) in [6.07, 6.45) is 20.0. The minimum absolute atomic E-state index is 0.130. The number of phenolic OH excluding ortho intramolecular Hbond substituents is 1. The zero-order valence-corrected chi connectivity index (χ0v) is 64.8. The van der Waals surface area contributed by atoms with E-state index < -0.39 is 54.0 Å². The minimum atomic E-state index is -4.33. The molecule has 24 nitrogen and oxygen atoms in total. The van der Waals surface area contributed by atoms with E-state index in [-0.39, 0.29) is 54.0 Å². The average Bonchev–Trinajstić information content (AvgIpc) is 1.65. The van der Waals surface area contributed by atoms with Gasteiger partial charge in [0.1, 0.15) is 35.4 Å². The molecule has 7 aromatic rings. The highest BCUT2D eigenvalue weighted by molar-refractivity contribution is 8.03. The molecular weight excluding hydrogens is 1510 g/mol. The third-order valence-electron chi connectivity index (χ3n) is 16.5. The average molecular weight is 1600 g/mol. The largest absolute Gasteiger partial charge is 0.748 e. The molecular formula is C73H86Cl3N9O15S5. The van der Waals surface area contributed by atoms with Gasteiger partial charge in [-0.3, -0.25) is 14.3 Å². The van der Waals surface area contributed by atoms with Crippen molar-refractivity contribution < 1.29 is 77.0 Å². The number of aryl methyl sites for hydroxylation is 3. The van der Waals surface area contributed by atoms with Gasteiger partial charge in [-0.2, -0.15) is 27.6 Å². The van der Waals surface area contributed by atoms with Crippen LogP contribution in [-0.4, -0.2) is 130 Å². The number of hydrogen-bond acceptors (Lipinski definition) is 19. The number of rotatable bonds is 32. The Hall–Kier alpha value is -7.70. The maximum atomic E-state index is 13.4. The van der Waals surface area contributed by atoms with Crippen LogP contribution in [0.15, 0.2) is 142 Å². The Morgan fingerprint density at radius 3 is 2.09 bits per heavy atom. The van der Waals surface area contributed by atoms with Crippen LogP contribution in [0.25, 0.3) is 16.3 Å². The number of aromatic hydroxyl groups is 1. The molecule has 1 saturated heterocycles. The van der Waals surface area contributed by atoms with E-state index in [0.29, 0.717) is 95.7 Å². The Morgan fingerprint density at radius 2 is 1.44 bits per heavy atom. The summed E-state index contributed by atoms with van der Waals surface area (Å²) >= 11 is 22.0. The van der Waals surface area contributed by atoms with E-state index in [2.05, 4.69) is 34.6 Å². The predicted octanol–water partition coefficient (Wildman–Crippen LogP) is 15.2. The van der Waals surface area contributed by atoms with Crippen molar-refractivity contribution in [2.45, 2.75) is 135 Å². The van der Waals surface area contributed by atoms with E-state index in [0.717, 1.165) is 61.2 Å². The first-order chi connectivity index (χ1) is 50.0. The molecule has 2 aromatic heterocycles. The van der Waals surface area contributed by atoms with Crippen molar-refractivity contribution in [2.24, 2.45) is 4.99 Å². The standard InChI is InChI=1S/C36H44ClN5O4.C25H26Cl2N2O6S4.C12H16N2O5S/c1-4-5-6-7-8-9-10-11-12-13-14-33(46-34-21-25(2)15-18-29(34)37)35(44)40-28-17-20-31(32(43)23-28)42-36(45)41-27-16-19-30(39-3)26(22-27)24-38;1-2-17(13-24-28(9-3-11-38(30,31)32)20-15-18(26)5-7-22(20)36-24)14-25-29(10-4-12-39(33,34)35)21-16-19(27)6-8-23(21)37-25;15-12(14-6-8-19-9-7-14)13-4-1-11(2-5-13)3-10-20(16,17)18/h15-23,33,43H,3-14H2,1-2H3,(H,40,44)(H2,41,42,45);5-8,13-16H,2-4,9-12H2,1H3,(H-,30,31,32,33,34,35);1-2,4-5H,3,6-10H2. The van der Waals surface area contributed by atoms with Crippen LogP contribution in [-0.2, 0) is 52.9 Å². The number of ether oxygens (including phenoxy) is 2. The lowest BCUT2D eigenvalue weighted by atomic mass is 10.0. The number of phenols is 1. The Bertz CT molecular complexity index is 4630. The number of aliphatic imine (C=N–C) groups is 1. The van der Waals surface area contributed by atoms with Crippen molar-refractivity contribution in [3.05, 3.63) is 169 Å². The number of amides is 4. The second kappa shape index (κ2) is 41.4. The number of hydrogen-bond donors (Lipinski definition) is 5. The Balaban J connectivity index is 0.000000235. The second-order valence-corrected chi connectivity index (χ2v) is 32.7. The van der Waals surface area contributed by atoms with Gasteiger partial charge in [0.05, 0.1) is 84.3 Å². The molecule has 0 radical (unpaired) electrons. The van der Waals surface area contributed by atoms with Crippen LogP contribution in [0.2, 0.25) is 15.1 Å². The van der Waals surface area contributed by atoms with E-state index in [4.69, 9.17) is 44.3 Å². The molecule has 2 aliphatic heterocycles. The smallest absolute Gasteiger partial charge is 0.498 e. The van der Waals surface area contributed by atoms with Gasteiger partial charge in [-0.05, 0) is 153 Å². The Labute approximate surface area is 637 Å². The number of fused-ring (bicyclic) bond motifs is 2. The quantitative estimate of drug-likeness (QED) is 0.00859. The lowest BCUT2D eigenvalue weighted by Crippen LogP contribution is -2.55. The number of thiazole rings is 1. The molecule has 4 amide bonds. The number of carbonyl (C=O) groups excluding carboxylic acids is 3. The van der Waals surface area contributed by atoms with Crippen molar-refractivity contribution in [1.82, 2.24) is 4.90 Å². The fourth-order valence-corrected chi connectivity index (χ4v) is 15.3. The summed E-state index contributed by atoms with van der Waals surface area (Å²) in [4.78, 5) is 46.5. The first-order valence-corrected chi connectivity index (χ1v) is 41.7. The second-order valence-electron chi connectivity index (χ2n) is 24.7. The van der Waals surface area contributed by atoms with Gasteiger partial charge < -0.3 is 44.5 Å². The van der Waals surface area contributed by atoms with Crippen molar-refractivity contribution in [2.75, 3.05) is 71.0 Å². The fourth-order valence-electron chi connectivity index (χ4n) is 11.1. The molecule has 0 aliphatic carbocycles. The third kappa shape index (κ3) is 28.5. The summed E-state index contributed by atoms with van der Waals surface area (Å²) in [5.74, 6) is -1.41. The zero-order chi connectivity index (χ0) is 76.3. The van der Waals surface area contributed by atoms with Gasteiger partial charge in [-0.1, -0.05) is 136 Å². The van der Waals surface area contributed by atoms with Crippen LogP contribution in [0.3, 0.4) is 0 Å². The number of nitrogens with zero attached hydrogens (tertiary/aromatic N) is 6. The molecule has 32 heteroatoms. The number of nitrogens with one attached hydrogen (secondary N) is 3. The van der Waals surface area contributed by atoms with Gasteiger partial charge in [0.25, 0.3) is 21.0 Å². The van der Waals surface area contributed by atoms with Crippen molar-refractivity contribution in [3.63, 3.8) is 0 Å². The van der Waals surface area contributed by atoms with Gasteiger partial charge >= 0.3 is 12.1 Å². The maximum absolute atomic E-state index is 13.4. The van der Waals surface area contributed by atoms with Crippen LogP contribution in [0.1, 0.15) is 125 Å². The molecule has 1 atom stereocenters. The molecule has 4 heterocycles. The minimum Gasteiger partial charge on any atom is -0.748 e. The Morgan fingerprint density at radius 1 is 0.781 bits per heavy atom. The van der Waals surface area contributed by atoms with E-state index in [1.54, 1.807) is 77.6 Å². The zero-order valence-electron chi connectivity index (χ0n) is 58.4. The van der Waals surface area contributed by atoms with Crippen LogP contribution < -0.4 is 34.7 Å². The summed E-state index contributed by atoms with van der Waals surface area (Å²) in [6, 6.07) is 30.1. The predicted molar refractivity (Wildman–Crippen MR) is 413 cm³/mol. The SMILES string of the molecule is C=Nc1ccc(NC(=O)Nc2ccc(NC(=O)C(CCCCCCCCCCCC)Oc3cc(C)ccc3Cl)cc2O)cc1C#N.CCC(/C=C1\Sc2ccc(Cl)cc2N1CCCS(=O)(=O)O)=C\c1sc2ccc(Cl)cc2[n+]1CCCS(=O)(=O)[O-].O=C(N1CCOCC1)[n+]1ccc(CCS(=O)(=O)[O-])cc1. The molecule has 5 N–H and O–H groups in total.